The predicted molar refractivity (Wildman–Crippen MR) is 60.3 cm³/mol. The van der Waals surface area contributed by atoms with Gasteiger partial charge in [-0.05, 0) is 19.1 Å². The maximum Gasteiger partial charge on any atom is 0.308 e. The summed E-state index contributed by atoms with van der Waals surface area (Å²) in [6.45, 7) is 1.87. The molecule has 0 aliphatic rings. The van der Waals surface area contributed by atoms with E-state index >= 15 is 0 Å². The summed E-state index contributed by atoms with van der Waals surface area (Å²) in [6.07, 6.45) is 0. The molecule has 7 heteroatoms. The number of nitrogens with two attached hydrogens (primary N) is 1. The normalized spacial score (nSPS) is 11.4. The Kier molecular flexibility index (Phi) is 3.95. The molecular formula is C8H11FN2O2S2. The fourth-order valence-electron chi connectivity index (χ4n) is 1.01. The van der Waals surface area contributed by atoms with Crippen molar-refractivity contribution >= 4 is 27.8 Å². The molecule has 0 amide bonds. The van der Waals surface area contributed by atoms with E-state index in [1.165, 1.54) is 0 Å². The summed E-state index contributed by atoms with van der Waals surface area (Å²) in [5.74, 6) is 0. The molecule has 0 spiro atoms. The number of aryl methyl sites for hydroxylation is 1. The van der Waals surface area contributed by atoms with Gasteiger partial charge in [-0.1, -0.05) is 17.7 Å². The highest BCUT2D eigenvalue weighted by Crippen LogP contribution is 2.24. The summed E-state index contributed by atoms with van der Waals surface area (Å²) in [7, 11) is -3.94. The zero-order valence-electron chi connectivity index (χ0n) is 8.05. The Bertz CT molecular complexity index is 419. The van der Waals surface area contributed by atoms with Crippen LogP contribution in [-0.2, 0) is 10.2 Å². The van der Waals surface area contributed by atoms with E-state index in [1.807, 2.05) is 6.92 Å². The Labute approximate surface area is 92.6 Å². The van der Waals surface area contributed by atoms with Gasteiger partial charge < -0.3 is 0 Å². The van der Waals surface area contributed by atoms with Crippen molar-refractivity contribution in [1.82, 2.24) is 0 Å². The van der Waals surface area contributed by atoms with Crippen LogP contribution in [0, 0.1) is 6.92 Å². The number of anilines is 1. The number of benzene rings is 1. The Balaban J connectivity index is 3.05. The number of hydrogen-bond acceptors (Lipinski definition) is 3. The number of alkyl halides is 1. The smallest absolute Gasteiger partial charge is 0.237 e. The van der Waals surface area contributed by atoms with Crippen LogP contribution in [-0.4, -0.2) is 14.4 Å². The minimum Gasteiger partial charge on any atom is -0.237 e. The van der Waals surface area contributed by atoms with E-state index in [0.717, 1.165) is 9.27 Å². The molecule has 1 aromatic rings. The first-order valence-electron chi connectivity index (χ1n) is 4.04. The van der Waals surface area contributed by atoms with Crippen molar-refractivity contribution in [1.29, 1.82) is 0 Å². The number of nitrogens with zero attached hydrogens (tertiary/aromatic N) is 1. The summed E-state index contributed by atoms with van der Waals surface area (Å²) >= 11 is 0.496. The average molecular weight is 250 g/mol. The minimum atomic E-state index is -3.94. The fourth-order valence-corrected chi connectivity index (χ4v) is 2.49. The van der Waals surface area contributed by atoms with Crippen molar-refractivity contribution in [2.24, 2.45) is 5.14 Å². The third-order valence-corrected chi connectivity index (χ3v) is 3.80. The molecule has 0 unspecified atom stereocenters. The molecule has 0 aliphatic heterocycles. The van der Waals surface area contributed by atoms with E-state index in [9.17, 15) is 12.8 Å². The van der Waals surface area contributed by atoms with Crippen LogP contribution in [0.2, 0.25) is 0 Å². The summed E-state index contributed by atoms with van der Waals surface area (Å²) in [6, 6.07) is 5.74. The van der Waals surface area contributed by atoms with Crippen LogP contribution in [0.3, 0.4) is 0 Å². The highest BCUT2D eigenvalue weighted by Gasteiger charge is 2.18. The Morgan fingerprint density at radius 2 is 1.93 bits per heavy atom. The Morgan fingerprint density at radius 3 is 2.33 bits per heavy atom. The minimum absolute atomic E-state index is 0.339. The number of rotatable bonds is 4. The second-order valence-corrected chi connectivity index (χ2v) is 5.31. The highest BCUT2D eigenvalue weighted by atomic mass is 32.3. The maximum absolute atomic E-state index is 12.1. The zero-order chi connectivity index (χ0) is 11.5. The fraction of sp³-hybridized carbons (Fsp3) is 0.250. The van der Waals surface area contributed by atoms with Crippen molar-refractivity contribution in [3.63, 3.8) is 0 Å². The van der Waals surface area contributed by atoms with Gasteiger partial charge in [0.25, 0.3) is 0 Å². The van der Waals surface area contributed by atoms with Gasteiger partial charge in [0, 0.05) is 11.9 Å². The van der Waals surface area contributed by atoms with Crippen molar-refractivity contribution < 1.29 is 12.8 Å². The first kappa shape index (κ1) is 12.3. The molecule has 0 atom stereocenters. The summed E-state index contributed by atoms with van der Waals surface area (Å²) < 4.78 is 35.1. The second-order valence-electron chi connectivity index (χ2n) is 2.85. The molecule has 1 rings (SSSR count). The van der Waals surface area contributed by atoms with Gasteiger partial charge in [-0.15, -0.1) is 0 Å². The molecule has 0 saturated carbocycles. The van der Waals surface area contributed by atoms with Crippen molar-refractivity contribution in [2.45, 2.75) is 6.92 Å². The van der Waals surface area contributed by atoms with Crippen molar-refractivity contribution in [3.05, 3.63) is 29.8 Å². The SMILES string of the molecule is Cc1ccc(N(SCF)S(N)(=O)=O)cc1. The molecular weight excluding hydrogens is 239 g/mol. The van der Waals surface area contributed by atoms with Gasteiger partial charge in [0.15, 0.2) is 6.01 Å². The number of hydrogen-bond donors (Lipinski definition) is 1. The van der Waals surface area contributed by atoms with Crippen LogP contribution in [0.5, 0.6) is 0 Å². The molecule has 0 aromatic heterocycles. The summed E-state index contributed by atoms with van der Waals surface area (Å²) in [5.41, 5.74) is 1.32. The van der Waals surface area contributed by atoms with E-state index in [2.05, 4.69) is 0 Å². The second kappa shape index (κ2) is 4.82. The molecule has 2 N–H and O–H groups in total. The molecule has 84 valence electrons. The van der Waals surface area contributed by atoms with Crippen molar-refractivity contribution in [2.75, 3.05) is 9.72 Å². The molecule has 0 radical (unpaired) electrons. The summed E-state index contributed by atoms with van der Waals surface area (Å²) in [5, 5.41) is 4.95. The molecule has 0 heterocycles. The van der Waals surface area contributed by atoms with Crippen LogP contribution >= 0.6 is 11.9 Å². The first-order chi connectivity index (χ1) is 6.95. The van der Waals surface area contributed by atoms with Gasteiger partial charge >= 0.3 is 10.2 Å². The van der Waals surface area contributed by atoms with E-state index in [4.69, 9.17) is 5.14 Å². The predicted octanol–water partition coefficient (Wildman–Crippen LogP) is 1.58. The quantitative estimate of drug-likeness (QED) is 0.825. The van der Waals surface area contributed by atoms with Gasteiger partial charge in [0.1, 0.15) is 0 Å². The molecule has 4 nitrogen and oxygen atoms in total. The largest absolute Gasteiger partial charge is 0.308 e. The van der Waals surface area contributed by atoms with Crippen LogP contribution < -0.4 is 8.85 Å². The third kappa shape index (κ3) is 3.37. The van der Waals surface area contributed by atoms with Crippen molar-refractivity contribution in [3.8, 4) is 0 Å². The first-order valence-corrected chi connectivity index (χ1v) is 6.48. The zero-order valence-corrected chi connectivity index (χ0v) is 9.69. The van der Waals surface area contributed by atoms with Crippen LogP contribution in [0.4, 0.5) is 10.1 Å². The monoisotopic (exact) mass is 250 g/mol. The Hall–Kier alpha value is -0.790. The van der Waals surface area contributed by atoms with E-state index < -0.39 is 16.2 Å². The van der Waals surface area contributed by atoms with Crippen LogP contribution in [0.25, 0.3) is 0 Å². The van der Waals surface area contributed by atoms with E-state index in [1.54, 1.807) is 24.3 Å². The lowest BCUT2D eigenvalue weighted by molar-refractivity contribution is 0.595. The molecule has 15 heavy (non-hydrogen) atoms. The van der Waals surface area contributed by atoms with Crippen LogP contribution in [0.15, 0.2) is 24.3 Å². The lowest BCUT2D eigenvalue weighted by Gasteiger charge is -2.18. The van der Waals surface area contributed by atoms with Gasteiger partial charge in [0.05, 0.1) is 5.69 Å². The number of halogens is 1. The Morgan fingerprint density at radius 1 is 1.40 bits per heavy atom. The average Bonchev–Trinajstić information content (AvgIpc) is 2.14. The van der Waals surface area contributed by atoms with E-state index in [0.29, 0.717) is 17.6 Å². The molecule has 0 bridgehead atoms. The highest BCUT2D eigenvalue weighted by molar-refractivity contribution is 8.13. The molecule has 1 aromatic carbocycles. The topological polar surface area (TPSA) is 63.4 Å². The summed E-state index contributed by atoms with van der Waals surface area (Å²) in [4.78, 5) is 0. The van der Waals surface area contributed by atoms with Crippen LogP contribution in [0.1, 0.15) is 5.56 Å². The third-order valence-electron chi connectivity index (χ3n) is 1.64. The lowest BCUT2D eigenvalue weighted by Crippen LogP contribution is -2.31. The molecule has 0 aliphatic carbocycles. The van der Waals surface area contributed by atoms with Gasteiger partial charge in [0.2, 0.25) is 0 Å². The van der Waals surface area contributed by atoms with Gasteiger partial charge in [-0.2, -0.15) is 12.1 Å². The lowest BCUT2D eigenvalue weighted by atomic mass is 10.2. The van der Waals surface area contributed by atoms with Gasteiger partial charge in [-0.25, -0.2) is 9.53 Å². The molecule has 0 fully saturated rings. The molecule has 0 saturated heterocycles. The maximum atomic E-state index is 12.1. The standard InChI is InChI=1S/C8H11FN2O2S2/c1-7-2-4-8(5-3-7)11(14-6-9)15(10,12)13/h2-5H,6H2,1H3,(H2,10,12,13). The van der Waals surface area contributed by atoms with Gasteiger partial charge in [-0.3, -0.25) is 0 Å². The van der Waals surface area contributed by atoms with E-state index in [-0.39, 0.29) is 0 Å².